The Kier molecular flexibility index (Phi) is 6.98. The van der Waals surface area contributed by atoms with E-state index in [0.717, 1.165) is 68.3 Å². The molecule has 1 fully saturated rings. The highest BCUT2D eigenvalue weighted by Crippen LogP contribution is 2.27. The van der Waals surface area contributed by atoms with Crippen molar-refractivity contribution >= 4 is 26.7 Å². The lowest BCUT2D eigenvalue weighted by atomic mass is 10.1. The van der Waals surface area contributed by atoms with Gasteiger partial charge in [-0.05, 0) is 56.8 Å². The van der Waals surface area contributed by atoms with Crippen molar-refractivity contribution in [3.63, 3.8) is 0 Å². The summed E-state index contributed by atoms with van der Waals surface area (Å²) in [7, 11) is -3.54. The zero-order valence-electron chi connectivity index (χ0n) is 15.7. The number of benzene rings is 1. The molecule has 0 spiro atoms. The Morgan fingerprint density at radius 1 is 1.04 bits per heavy atom. The van der Waals surface area contributed by atoms with Crippen LogP contribution in [0, 0.1) is 0 Å². The number of rotatable bonds is 9. The van der Waals surface area contributed by atoms with Crippen LogP contribution in [-0.4, -0.2) is 44.6 Å². The molecule has 0 radical (unpaired) electrons. The van der Waals surface area contributed by atoms with E-state index in [1.165, 1.54) is 6.42 Å². The van der Waals surface area contributed by atoms with Gasteiger partial charge < -0.3 is 10.6 Å². The first kappa shape index (κ1) is 20.0. The molecular formula is C19H29N5O2S. The maximum absolute atomic E-state index is 12.7. The zero-order chi connectivity index (χ0) is 19.1. The smallest absolute Gasteiger partial charge is 0.240 e. The van der Waals surface area contributed by atoms with Crippen LogP contribution in [0.2, 0.25) is 0 Å². The van der Waals surface area contributed by atoms with Crippen LogP contribution in [0.25, 0.3) is 10.9 Å². The van der Waals surface area contributed by atoms with Crippen molar-refractivity contribution in [1.82, 2.24) is 14.7 Å². The molecule has 2 aromatic rings. The SMILES string of the molecule is NCCCCCCNS(=O)(=O)c1ccc2ncnc(N3CCCCC3)c2c1. The van der Waals surface area contributed by atoms with Crippen LogP contribution in [0.5, 0.6) is 0 Å². The van der Waals surface area contributed by atoms with Gasteiger partial charge in [0.2, 0.25) is 10.0 Å². The van der Waals surface area contributed by atoms with E-state index < -0.39 is 10.0 Å². The minimum Gasteiger partial charge on any atom is -0.356 e. The first-order valence-electron chi connectivity index (χ1n) is 9.81. The molecule has 27 heavy (non-hydrogen) atoms. The van der Waals surface area contributed by atoms with Crippen LogP contribution in [-0.2, 0) is 10.0 Å². The Hall–Kier alpha value is -1.77. The van der Waals surface area contributed by atoms with Gasteiger partial charge in [0.15, 0.2) is 0 Å². The lowest BCUT2D eigenvalue weighted by Crippen LogP contribution is -2.30. The summed E-state index contributed by atoms with van der Waals surface area (Å²) in [5.74, 6) is 0.832. The van der Waals surface area contributed by atoms with Crippen molar-refractivity contribution in [1.29, 1.82) is 0 Å². The molecule has 3 N–H and O–H groups in total. The van der Waals surface area contributed by atoms with Crippen LogP contribution in [0.4, 0.5) is 5.82 Å². The van der Waals surface area contributed by atoms with Gasteiger partial charge in [-0.1, -0.05) is 12.8 Å². The maximum atomic E-state index is 12.7. The van der Waals surface area contributed by atoms with E-state index in [0.29, 0.717) is 13.1 Å². The Bertz CT molecular complexity index is 850. The molecule has 0 unspecified atom stereocenters. The molecule has 0 bridgehead atoms. The normalized spacial score (nSPS) is 15.4. The lowest BCUT2D eigenvalue weighted by Gasteiger charge is -2.28. The number of sulfonamides is 1. The Balaban J connectivity index is 1.76. The molecule has 1 aliphatic heterocycles. The third kappa shape index (κ3) is 5.15. The fourth-order valence-corrected chi connectivity index (χ4v) is 4.56. The number of hydrogen-bond donors (Lipinski definition) is 2. The predicted molar refractivity (Wildman–Crippen MR) is 108 cm³/mol. The first-order chi connectivity index (χ1) is 13.1. The summed E-state index contributed by atoms with van der Waals surface area (Å²) in [6, 6.07) is 5.09. The Labute approximate surface area is 161 Å². The summed E-state index contributed by atoms with van der Waals surface area (Å²) >= 11 is 0. The highest BCUT2D eigenvalue weighted by molar-refractivity contribution is 7.89. The fraction of sp³-hybridized carbons (Fsp3) is 0.579. The van der Waals surface area contributed by atoms with Gasteiger partial charge in [-0.3, -0.25) is 0 Å². The number of nitrogens with two attached hydrogens (primary N) is 1. The van der Waals surface area contributed by atoms with Crippen LogP contribution in [0.3, 0.4) is 0 Å². The molecule has 0 amide bonds. The van der Waals surface area contributed by atoms with E-state index in [4.69, 9.17) is 5.73 Å². The summed E-state index contributed by atoms with van der Waals surface area (Å²) in [6.07, 6.45) is 8.86. The standard InChI is InChI=1S/C19H29N5O2S/c20-10-4-1-2-5-11-23-27(25,26)16-8-9-18-17(14-16)19(22-15-21-18)24-12-6-3-7-13-24/h8-9,14-15,23H,1-7,10-13,20H2. The van der Waals surface area contributed by atoms with Gasteiger partial charge in [0, 0.05) is 25.0 Å². The topological polar surface area (TPSA) is 101 Å². The second kappa shape index (κ2) is 9.43. The number of nitrogens with one attached hydrogen (secondary N) is 1. The van der Waals surface area contributed by atoms with E-state index in [1.807, 2.05) is 0 Å². The van der Waals surface area contributed by atoms with E-state index in [9.17, 15) is 8.42 Å². The molecule has 0 aliphatic carbocycles. The lowest BCUT2D eigenvalue weighted by molar-refractivity contribution is 0.572. The van der Waals surface area contributed by atoms with E-state index in [2.05, 4.69) is 19.6 Å². The maximum Gasteiger partial charge on any atom is 0.240 e. The van der Waals surface area contributed by atoms with Crippen molar-refractivity contribution in [3.8, 4) is 0 Å². The average Bonchev–Trinajstić information content (AvgIpc) is 2.70. The monoisotopic (exact) mass is 391 g/mol. The number of hydrogen-bond acceptors (Lipinski definition) is 6. The zero-order valence-corrected chi connectivity index (χ0v) is 16.5. The van der Waals surface area contributed by atoms with Crippen molar-refractivity contribution in [2.24, 2.45) is 5.73 Å². The molecule has 0 atom stereocenters. The summed E-state index contributed by atoms with van der Waals surface area (Å²) in [4.78, 5) is 11.2. The van der Waals surface area contributed by atoms with Gasteiger partial charge >= 0.3 is 0 Å². The summed E-state index contributed by atoms with van der Waals surface area (Å²) in [6.45, 7) is 3.02. The van der Waals surface area contributed by atoms with Gasteiger partial charge in [-0.2, -0.15) is 0 Å². The van der Waals surface area contributed by atoms with E-state index in [1.54, 1.807) is 24.5 Å². The molecule has 7 nitrogen and oxygen atoms in total. The van der Waals surface area contributed by atoms with Crippen LogP contribution >= 0.6 is 0 Å². The molecular weight excluding hydrogens is 362 g/mol. The largest absolute Gasteiger partial charge is 0.356 e. The van der Waals surface area contributed by atoms with Gasteiger partial charge in [-0.15, -0.1) is 0 Å². The van der Waals surface area contributed by atoms with Crippen LogP contribution in [0.15, 0.2) is 29.4 Å². The number of unbranched alkanes of at least 4 members (excludes halogenated alkanes) is 3. The summed E-state index contributed by atoms with van der Waals surface area (Å²) in [5.41, 5.74) is 6.24. The Morgan fingerprint density at radius 3 is 2.59 bits per heavy atom. The molecule has 1 aromatic carbocycles. The molecule has 1 aliphatic rings. The number of piperidine rings is 1. The van der Waals surface area contributed by atoms with Crippen molar-refractivity contribution in [3.05, 3.63) is 24.5 Å². The minimum absolute atomic E-state index is 0.269. The third-order valence-corrected chi connectivity index (χ3v) is 6.43. The fourth-order valence-electron chi connectivity index (χ4n) is 3.46. The second-order valence-electron chi connectivity index (χ2n) is 7.02. The average molecular weight is 392 g/mol. The molecule has 1 aromatic heterocycles. The summed E-state index contributed by atoms with van der Waals surface area (Å²) < 4.78 is 28.0. The number of fused-ring (bicyclic) bond motifs is 1. The third-order valence-electron chi connectivity index (χ3n) is 4.97. The number of aromatic nitrogens is 2. The first-order valence-corrected chi connectivity index (χ1v) is 11.3. The molecule has 8 heteroatoms. The van der Waals surface area contributed by atoms with Crippen molar-refractivity contribution in [2.75, 3.05) is 31.1 Å². The number of nitrogens with zero attached hydrogens (tertiary/aromatic N) is 3. The van der Waals surface area contributed by atoms with Gasteiger partial charge in [-0.25, -0.2) is 23.1 Å². The van der Waals surface area contributed by atoms with Gasteiger partial charge in [0.05, 0.1) is 10.4 Å². The minimum atomic E-state index is -3.54. The van der Waals surface area contributed by atoms with E-state index >= 15 is 0 Å². The quantitative estimate of drug-likeness (QED) is 0.637. The van der Waals surface area contributed by atoms with E-state index in [-0.39, 0.29) is 4.90 Å². The summed E-state index contributed by atoms with van der Waals surface area (Å²) in [5, 5.41) is 0.797. The molecule has 3 rings (SSSR count). The van der Waals surface area contributed by atoms with Crippen LogP contribution < -0.4 is 15.4 Å². The van der Waals surface area contributed by atoms with Gasteiger partial charge in [0.25, 0.3) is 0 Å². The Morgan fingerprint density at radius 2 is 1.81 bits per heavy atom. The molecule has 2 heterocycles. The number of anilines is 1. The second-order valence-corrected chi connectivity index (χ2v) is 8.79. The van der Waals surface area contributed by atoms with Crippen molar-refractivity contribution < 1.29 is 8.42 Å². The predicted octanol–water partition coefficient (Wildman–Crippen LogP) is 2.42. The highest BCUT2D eigenvalue weighted by atomic mass is 32.2. The molecule has 1 saturated heterocycles. The van der Waals surface area contributed by atoms with Gasteiger partial charge in [0.1, 0.15) is 12.1 Å². The molecule has 0 saturated carbocycles. The molecule has 148 valence electrons. The highest BCUT2D eigenvalue weighted by Gasteiger charge is 2.19. The van der Waals surface area contributed by atoms with Crippen LogP contribution in [0.1, 0.15) is 44.9 Å². The van der Waals surface area contributed by atoms with Crippen molar-refractivity contribution in [2.45, 2.75) is 49.8 Å².